The van der Waals surface area contributed by atoms with E-state index < -0.39 is 11.5 Å². The van der Waals surface area contributed by atoms with Crippen LogP contribution in [0.5, 0.6) is 0 Å². The van der Waals surface area contributed by atoms with E-state index in [1.165, 1.54) is 17.4 Å². The summed E-state index contributed by atoms with van der Waals surface area (Å²) in [6, 6.07) is 0. The summed E-state index contributed by atoms with van der Waals surface area (Å²) in [5, 5.41) is 0. The van der Waals surface area contributed by atoms with Crippen molar-refractivity contribution in [3.05, 3.63) is 27.7 Å². The fourth-order valence-corrected chi connectivity index (χ4v) is 4.24. The zero-order valence-corrected chi connectivity index (χ0v) is 17.5. The van der Waals surface area contributed by atoms with Gasteiger partial charge in [-0.1, -0.05) is 20.8 Å². The fraction of sp³-hybridized carbons (Fsp3) is 0.650. The average molecular weight is 393 g/mol. The van der Waals surface area contributed by atoms with Crippen molar-refractivity contribution < 1.29 is 19.1 Å². The molecule has 7 heteroatoms. The van der Waals surface area contributed by atoms with E-state index in [1.807, 2.05) is 4.57 Å². The van der Waals surface area contributed by atoms with Gasteiger partial charge in [0, 0.05) is 30.2 Å². The Bertz CT molecular complexity index is 833. The maximum atomic E-state index is 12.7. The second-order valence-electron chi connectivity index (χ2n) is 8.85. The first kappa shape index (κ1) is 20.0. The highest BCUT2D eigenvalue weighted by Crippen LogP contribution is 2.27. The molecule has 1 aromatic rings. The lowest BCUT2D eigenvalue weighted by Gasteiger charge is -2.28. The summed E-state index contributed by atoms with van der Waals surface area (Å²) in [5.41, 5.74) is -0.732. The smallest absolute Gasteiger partial charge is 0.314 e. The monoisotopic (exact) mass is 392 g/mol. The van der Waals surface area contributed by atoms with Crippen LogP contribution in [0.15, 0.2) is 23.0 Å². The third-order valence-electron chi connectivity index (χ3n) is 4.57. The standard InChI is InChI=1S/C20H28N2O4S/c1-19(2,3)16-12-22(11-14-7-6-8-25-14)18(27-16)21-17(24)15-9-13(23)10-20(4,5)26-15/h9,12,14H,6-8,10-11H2,1-5H3/t14-/m1/s1. The van der Waals surface area contributed by atoms with E-state index in [9.17, 15) is 9.59 Å². The Morgan fingerprint density at radius 1 is 1.41 bits per heavy atom. The van der Waals surface area contributed by atoms with E-state index in [1.54, 1.807) is 13.8 Å². The van der Waals surface area contributed by atoms with Gasteiger partial charge in [0.05, 0.1) is 12.6 Å². The predicted molar refractivity (Wildman–Crippen MR) is 103 cm³/mol. The van der Waals surface area contributed by atoms with Gasteiger partial charge in [0.15, 0.2) is 16.3 Å². The highest BCUT2D eigenvalue weighted by molar-refractivity contribution is 7.09. The van der Waals surface area contributed by atoms with Gasteiger partial charge in [0.1, 0.15) is 5.60 Å². The number of thiazole rings is 1. The Labute approximate surface area is 163 Å². The van der Waals surface area contributed by atoms with E-state index >= 15 is 0 Å². The molecule has 1 amide bonds. The lowest BCUT2D eigenvalue weighted by Crippen LogP contribution is -2.33. The van der Waals surface area contributed by atoms with Crippen molar-refractivity contribution in [2.75, 3.05) is 6.61 Å². The summed E-state index contributed by atoms with van der Waals surface area (Å²) in [6.45, 7) is 11.4. The van der Waals surface area contributed by atoms with E-state index in [4.69, 9.17) is 9.47 Å². The van der Waals surface area contributed by atoms with Crippen LogP contribution in [0.4, 0.5) is 0 Å². The number of carbonyl (C=O) groups excluding carboxylic acids is 2. The van der Waals surface area contributed by atoms with Crippen LogP contribution in [0.1, 0.15) is 58.8 Å². The predicted octanol–water partition coefficient (Wildman–Crippen LogP) is 3.11. The molecular formula is C20H28N2O4S. The molecule has 148 valence electrons. The first-order valence-corrected chi connectivity index (χ1v) is 10.2. The Balaban J connectivity index is 1.94. The van der Waals surface area contributed by atoms with Crippen molar-refractivity contribution in [3.8, 4) is 0 Å². The summed E-state index contributed by atoms with van der Waals surface area (Å²) < 4.78 is 13.4. The fourth-order valence-electron chi connectivity index (χ4n) is 3.18. The molecule has 0 aromatic carbocycles. The topological polar surface area (TPSA) is 69.9 Å². The SMILES string of the molecule is CC1(C)CC(=O)C=C(C(=O)N=c2sc(C(C)(C)C)cn2C[C@H]2CCCO2)O1. The van der Waals surface area contributed by atoms with Gasteiger partial charge in [-0.15, -0.1) is 11.3 Å². The molecule has 0 radical (unpaired) electrons. The molecule has 27 heavy (non-hydrogen) atoms. The molecule has 1 fully saturated rings. The minimum absolute atomic E-state index is 0.0191. The number of hydrogen-bond donors (Lipinski definition) is 0. The highest BCUT2D eigenvalue weighted by atomic mass is 32.1. The van der Waals surface area contributed by atoms with Crippen molar-refractivity contribution in [2.24, 2.45) is 4.99 Å². The zero-order valence-electron chi connectivity index (χ0n) is 16.7. The third kappa shape index (κ3) is 4.96. The molecule has 0 bridgehead atoms. The number of amides is 1. The number of carbonyl (C=O) groups is 2. The third-order valence-corrected chi connectivity index (χ3v) is 6.02. The molecule has 0 aliphatic carbocycles. The second kappa shape index (κ2) is 7.36. The zero-order chi connectivity index (χ0) is 19.8. The quantitative estimate of drug-likeness (QED) is 0.793. The van der Waals surface area contributed by atoms with Crippen LogP contribution in [0, 0.1) is 0 Å². The number of ether oxygens (including phenoxy) is 2. The van der Waals surface area contributed by atoms with Crippen LogP contribution in [-0.4, -0.2) is 34.6 Å². The summed E-state index contributed by atoms with van der Waals surface area (Å²) in [5.74, 6) is -0.608. The number of nitrogens with zero attached hydrogens (tertiary/aromatic N) is 2. The molecule has 1 atom stereocenters. The van der Waals surface area contributed by atoms with Crippen LogP contribution in [0.3, 0.4) is 0 Å². The van der Waals surface area contributed by atoms with Crippen LogP contribution in [0.2, 0.25) is 0 Å². The van der Waals surface area contributed by atoms with Gasteiger partial charge in [-0.2, -0.15) is 4.99 Å². The summed E-state index contributed by atoms with van der Waals surface area (Å²) in [7, 11) is 0. The van der Waals surface area contributed by atoms with Crippen molar-refractivity contribution in [1.29, 1.82) is 0 Å². The molecule has 1 saturated heterocycles. The summed E-state index contributed by atoms with van der Waals surface area (Å²) in [4.78, 5) is 30.7. The Morgan fingerprint density at radius 2 is 2.15 bits per heavy atom. The van der Waals surface area contributed by atoms with Crippen LogP contribution in [0.25, 0.3) is 0 Å². The lowest BCUT2D eigenvalue weighted by atomic mass is 9.95. The van der Waals surface area contributed by atoms with E-state index in [0.29, 0.717) is 11.3 Å². The molecule has 0 saturated carbocycles. The molecule has 3 rings (SSSR count). The summed E-state index contributed by atoms with van der Waals surface area (Å²) >= 11 is 1.50. The van der Waals surface area contributed by atoms with Crippen molar-refractivity contribution in [1.82, 2.24) is 4.57 Å². The maximum Gasteiger partial charge on any atom is 0.314 e. The van der Waals surface area contributed by atoms with Crippen molar-refractivity contribution in [2.45, 2.75) is 77.5 Å². The van der Waals surface area contributed by atoms with E-state index in [2.05, 4.69) is 32.0 Å². The molecule has 0 unspecified atom stereocenters. The molecule has 2 aliphatic rings. The molecule has 1 aromatic heterocycles. The van der Waals surface area contributed by atoms with Crippen molar-refractivity contribution >= 4 is 23.0 Å². The molecule has 0 N–H and O–H groups in total. The van der Waals surface area contributed by atoms with Crippen LogP contribution < -0.4 is 4.80 Å². The van der Waals surface area contributed by atoms with Gasteiger partial charge in [0.25, 0.3) is 0 Å². The van der Waals surface area contributed by atoms with Gasteiger partial charge in [-0.05, 0) is 32.1 Å². The maximum absolute atomic E-state index is 12.7. The number of ketones is 1. The lowest BCUT2D eigenvalue weighted by molar-refractivity contribution is -0.129. The number of aromatic nitrogens is 1. The molecule has 6 nitrogen and oxygen atoms in total. The van der Waals surface area contributed by atoms with Gasteiger partial charge >= 0.3 is 5.91 Å². The average Bonchev–Trinajstić information content (AvgIpc) is 3.15. The minimum Gasteiger partial charge on any atom is -0.481 e. The number of allylic oxidation sites excluding steroid dienone is 1. The van der Waals surface area contributed by atoms with E-state index in [0.717, 1.165) is 24.3 Å². The first-order valence-electron chi connectivity index (χ1n) is 9.38. The first-order chi connectivity index (χ1) is 12.5. The van der Waals surface area contributed by atoms with E-state index in [-0.39, 0.29) is 29.5 Å². The van der Waals surface area contributed by atoms with Gasteiger partial charge in [-0.3, -0.25) is 9.59 Å². The largest absolute Gasteiger partial charge is 0.481 e. The summed E-state index contributed by atoms with van der Waals surface area (Å²) in [6.07, 6.45) is 5.80. The van der Waals surface area contributed by atoms with Crippen molar-refractivity contribution in [3.63, 3.8) is 0 Å². The normalized spacial score (nSPS) is 23.3. The van der Waals surface area contributed by atoms with Gasteiger partial charge in [-0.25, -0.2) is 0 Å². The number of hydrogen-bond acceptors (Lipinski definition) is 5. The Morgan fingerprint density at radius 3 is 2.74 bits per heavy atom. The minimum atomic E-state index is -0.688. The molecule has 2 aliphatic heterocycles. The number of rotatable bonds is 3. The van der Waals surface area contributed by atoms with Crippen LogP contribution >= 0.6 is 11.3 Å². The molecule has 3 heterocycles. The second-order valence-corrected chi connectivity index (χ2v) is 9.85. The Kier molecular flexibility index (Phi) is 5.45. The van der Waals surface area contributed by atoms with Gasteiger partial charge < -0.3 is 14.0 Å². The Hall–Kier alpha value is -1.73. The highest BCUT2D eigenvalue weighted by Gasteiger charge is 2.32. The van der Waals surface area contributed by atoms with Crippen LogP contribution in [-0.2, 0) is 31.0 Å². The van der Waals surface area contributed by atoms with Gasteiger partial charge in [0.2, 0.25) is 0 Å². The molecule has 0 spiro atoms. The molecular weight excluding hydrogens is 364 g/mol.